The molecule has 2 rings (SSSR count). The number of rotatable bonds is 4. The third-order valence-electron chi connectivity index (χ3n) is 2.52. The zero-order valence-corrected chi connectivity index (χ0v) is 14.0. The van der Waals surface area contributed by atoms with Crippen LogP contribution in [0.3, 0.4) is 0 Å². The van der Waals surface area contributed by atoms with Crippen molar-refractivity contribution >= 4 is 63.1 Å². The van der Waals surface area contributed by atoms with E-state index >= 15 is 0 Å². The quantitative estimate of drug-likeness (QED) is 0.707. The van der Waals surface area contributed by atoms with E-state index in [1.54, 1.807) is 18.2 Å². The van der Waals surface area contributed by atoms with E-state index in [4.69, 9.17) is 23.2 Å². The zero-order chi connectivity index (χ0) is 14.5. The van der Waals surface area contributed by atoms with Crippen LogP contribution in [0.5, 0.6) is 0 Å². The average molecular weight is 421 g/mol. The van der Waals surface area contributed by atoms with E-state index in [1.807, 2.05) is 24.3 Å². The fourth-order valence-corrected chi connectivity index (χ4v) is 2.37. The molecule has 0 fully saturated rings. The van der Waals surface area contributed by atoms with Crippen molar-refractivity contribution in [3.63, 3.8) is 0 Å². The molecule has 2 aromatic rings. The maximum absolute atomic E-state index is 11.9. The van der Waals surface area contributed by atoms with Crippen molar-refractivity contribution in [3.05, 3.63) is 56.1 Å². The second kappa shape index (κ2) is 7.15. The molecular weight excluding hydrogens is 410 g/mol. The predicted molar refractivity (Wildman–Crippen MR) is 92.7 cm³/mol. The van der Waals surface area contributed by atoms with E-state index in [9.17, 15) is 4.79 Å². The molecule has 0 bridgehead atoms. The van der Waals surface area contributed by atoms with Gasteiger partial charge in [0.05, 0.1) is 22.3 Å². The summed E-state index contributed by atoms with van der Waals surface area (Å²) in [6.07, 6.45) is 0. The summed E-state index contributed by atoms with van der Waals surface area (Å²) in [6, 6.07) is 12.7. The summed E-state index contributed by atoms with van der Waals surface area (Å²) in [4.78, 5) is 11.9. The maximum atomic E-state index is 11.9. The van der Waals surface area contributed by atoms with Crippen LogP contribution in [0.25, 0.3) is 0 Å². The summed E-state index contributed by atoms with van der Waals surface area (Å²) in [5, 5.41) is 6.77. The van der Waals surface area contributed by atoms with Gasteiger partial charge in [0.15, 0.2) is 0 Å². The molecule has 3 nitrogen and oxygen atoms in total. The molecule has 0 aliphatic heterocycles. The highest BCUT2D eigenvalue weighted by Crippen LogP contribution is 2.24. The van der Waals surface area contributed by atoms with E-state index in [-0.39, 0.29) is 12.5 Å². The third-order valence-corrected chi connectivity index (χ3v) is 4.20. The van der Waals surface area contributed by atoms with Crippen LogP contribution in [-0.4, -0.2) is 12.5 Å². The monoisotopic (exact) mass is 420 g/mol. The van der Waals surface area contributed by atoms with Crippen molar-refractivity contribution < 1.29 is 4.79 Å². The number of carbonyl (C=O) groups excluding carboxylic acids is 1. The Morgan fingerprint density at radius 1 is 1.10 bits per heavy atom. The maximum Gasteiger partial charge on any atom is 0.243 e. The molecule has 1 amide bonds. The van der Waals surface area contributed by atoms with Crippen LogP contribution in [0, 0.1) is 3.57 Å². The first-order valence-corrected chi connectivity index (χ1v) is 7.63. The number of amides is 1. The van der Waals surface area contributed by atoms with Gasteiger partial charge in [-0.25, -0.2) is 0 Å². The summed E-state index contributed by atoms with van der Waals surface area (Å²) in [5.41, 5.74) is 1.55. The second-order valence-electron chi connectivity index (χ2n) is 4.01. The van der Waals surface area contributed by atoms with Crippen molar-refractivity contribution in [2.45, 2.75) is 0 Å². The number of para-hydroxylation sites is 1. The molecule has 0 heterocycles. The minimum absolute atomic E-state index is 0.125. The van der Waals surface area contributed by atoms with E-state index in [2.05, 4.69) is 33.2 Å². The van der Waals surface area contributed by atoms with Crippen molar-refractivity contribution in [2.75, 3.05) is 17.2 Å². The van der Waals surface area contributed by atoms with E-state index in [1.165, 1.54) is 0 Å². The van der Waals surface area contributed by atoms with Crippen LogP contribution < -0.4 is 10.6 Å². The number of hydrogen-bond donors (Lipinski definition) is 2. The van der Waals surface area contributed by atoms with E-state index in [0.29, 0.717) is 10.0 Å². The fourth-order valence-electron chi connectivity index (χ4n) is 1.55. The minimum atomic E-state index is -0.125. The summed E-state index contributed by atoms with van der Waals surface area (Å²) >= 11 is 13.9. The Morgan fingerprint density at radius 2 is 1.85 bits per heavy atom. The lowest BCUT2D eigenvalue weighted by Gasteiger charge is -2.09. The molecule has 0 aliphatic carbocycles. The highest BCUT2D eigenvalue weighted by molar-refractivity contribution is 14.1. The molecule has 0 saturated carbocycles. The molecule has 0 aliphatic rings. The largest absolute Gasteiger partial charge is 0.376 e. The van der Waals surface area contributed by atoms with Crippen LogP contribution in [0.15, 0.2) is 42.5 Å². The second-order valence-corrected chi connectivity index (χ2v) is 5.99. The van der Waals surface area contributed by atoms with Gasteiger partial charge in [0.2, 0.25) is 5.91 Å². The normalized spacial score (nSPS) is 10.2. The Hall–Kier alpha value is -0.980. The lowest BCUT2D eigenvalue weighted by molar-refractivity contribution is -0.114. The molecular formula is C14H11Cl2IN2O. The number of nitrogens with one attached hydrogen (secondary N) is 2. The third kappa shape index (κ3) is 4.26. The zero-order valence-electron chi connectivity index (χ0n) is 10.3. The Bertz CT molecular complexity index is 634. The molecule has 0 atom stereocenters. The first-order valence-electron chi connectivity index (χ1n) is 5.79. The van der Waals surface area contributed by atoms with Crippen LogP contribution >= 0.6 is 45.8 Å². The van der Waals surface area contributed by atoms with Gasteiger partial charge in [0.1, 0.15) is 0 Å². The first-order chi connectivity index (χ1) is 9.56. The summed E-state index contributed by atoms with van der Waals surface area (Å²) in [7, 11) is 0. The lowest BCUT2D eigenvalue weighted by Crippen LogP contribution is -2.22. The van der Waals surface area contributed by atoms with Gasteiger partial charge in [-0.1, -0.05) is 35.3 Å². The molecule has 0 radical (unpaired) electrons. The standard InChI is InChI=1S/C14H11Cl2IN2O/c15-10-6-5-9(7-11(10)16)18-8-14(20)19-13-4-2-1-3-12(13)17/h1-7,18H,8H2,(H,19,20). The van der Waals surface area contributed by atoms with Crippen LogP contribution in [-0.2, 0) is 4.79 Å². The molecule has 2 aromatic carbocycles. The summed E-state index contributed by atoms with van der Waals surface area (Å²) in [5.74, 6) is -0.125. The minimum Gasteiger partial charge on any atom is -0.376 e. The van der Waals surface area contributed by atoms with Crippen LogP contribution in [0.1, 0.15) is 0 Å². The molecule has 20 heavy (non-hydrogen) atoms. The summed E-state index contributed by atoms with van der Waals surface area (Å²) in [6.45, 7) is 0.156. The van der Waals surface area contributed by atoms with Crippen molar-refractivity contribution in [2.24, 2.45) is 0 Å². The van der Waals surface area contributed by atoms with Gasteiger partial charge in [-0.3, -0.25) is 4.79 Å². The van der Waals surface area contributed by atoms with Crippen molar-refractivity contribution in [3.8, 4) is 0 Å². The Kier molecular flexibility index (Phi) is 5.51. The molecule has 0 spiro atoms. The van der Waals surface area contributed by atoms with Gasteiger partial charge in [0.25, 0.3) is 0 Å². The fraction of sp³-hybridized carbons (Fsp3) is 0.0714. The molecule has 6 heteroatoms. The van der Waals surface area contributed by atoms with Crippen molar-refractivity contribution in [1.82, 2.24) is 0 Å². The van der Waals surface area contributed by atoms with Gasteiger partial charge in [-0.05, 0) is 52.9 Å². The number of carbonyl (C=O) groups is 1. The van der Waals surface area contributed by atoms with Crippen molar-refractivity contribution in [1.29, 1.82) is 0 Å². The summed E-state index contributed by atoms with van der Waals surface area (Å²) < 4.78 is 0.994. The van der Waals surface area contributed by atoms with Gasteiger partial charge >= 0.3 is 0 Å². The number of halogens is 3. The highest BCUT2D eigenvalue weighted by Gasteiger charge is 2.05. The first kappa shape index (κ1) is 15.4. The van der Waals surface area contributed by atoms with Gasteiger partial charge in [0, 0.05) is 9.26 Å². The predicted octanol–water partition coefficient (Wildman–Crippen LogP) is 4.65. The molecule has 104 valence electrons. The van der Waals surface area contributed by atoms with E-state index < -0.39 is 0 Å². The SMILES string of the molecule is O=C(CNc1ccc(Cl)c(Cl)c1)Nc1ccccc1I. The molecule has 0 saturated heterocycles. The van der Waals surface area contributed by atoms with E-state index in [0.717, 1.165) is 14.9 Å². The molecule has 0 unspecified atom stereocenters. The smallest absolute Gasteiger partial charge is 0.243 e. The van der Waals surface area contributed by atoms with Crippen LogP contribution in [0.2, 0.25) is 10.0 Å². The molecule has 2 N–H and O–H groups in total. The topological polar surface area (TPSA) is 41.1 Å². The number of anilines is 2. The number of hydrogen-bond acceptors (Lipinski definition) is 2. The van der Waals surface area contributed by atoms with Gasteiger partial charge < -0.3 is 10.6 Å². The van der Waals surface area contributed by atoms with Crippen LogP contribution in [0.4, 0.5) is 11.4 Å². The Balaban J connectivity index is 1.92. The molecule has 0 aromatic heterocycles. The Morgan fingerprint density at radius 3 is 2.55 bits per heavy atom. The van der Waals surface area contributed by atoms with Gasteiger partial charge in [-0.2, -0.15) is 0 Å². The lowest BCUT2D eigenvalue weighted by atomic mass is 10.3. The average Bonchev–Trinajstić information content (AvgIpc) is 2.43. The highest BCUT2D eigenvalue weighted by atomic mass is 127. The Labute approximate surface area is 140 Å². The number of benzene rings is 2. The van der Waals surface area contributed by atoms with Gasteiger partial charge in [-0.15, -0.1) is 0 Å².